The van der Waals surface area contributed by atoms with E-state index in [1.54, 1.807) is 24.4 Å². The lowest BCUT2D eigenvalue weighted by Gasteiger charge is -2.11. The lowest BCUT2D eigenvalue weighted by molar-refractivity contribution is 0.102. The van der Waals surface area contributed by atoms with Gasteiger partial charge < -0.3 is 10.1 Å². The first-order chi connectivity index (χ1) is 17.0. The summed E-state index contributed by atoms with van der Waals surface area (Å²) in [4.78, 5) is 34.0. The Kier molecular flexibility index (Phi) is 5.72. The summed E-state index contributed by atoms with van der Waals surface area (Å²) in [5, 5.41) is 2.52. The van der Waals surface area contributed by atoms with E-state index >= 15 is 0 Å². The summed E-state index contributed by atoms with van der Waals surface area (Å²) in [6, 6.07) is 17.1. The molecule has 0 radical (unpaired) electrons. The number of carbonyl (C=O) groups excluding carboxylic acids is 1. The molecule has 0 spiro atoms. The summed E-state index contributed by atoms with van der Waals surface area (Å²) in [6.45, 7) is 0. The molecule has 0 bridgehead atoms. The van der Waals surface area contributed by atoms with Crippen LogP contribution in [0.3, 0.4) is 0 Å². The number of halogens is 2. The van der Waals surface area contributed by atoms with E-state index in [-0.39, 0.29) is 17.0 Å². The number of rotatable bonds is 5. The second kappa shape index (κ2) is 9.14. The van der Waals surface area contributed by atoms with Crippen molar-refractivity contribution in [2.45, 2.75) is 0 Å². The SMILES string of the molecule is O=C(Nc1ccc(Oc2ccnc3cccnc23)c(F)c1)c1cccn(-c2ccc(F)cc2)c1=O. The number of anilines is 1. The van der Waals surface area contributed by atoms with E-state index in [1.165, 1.54) is 65.5 Å². The number of hydrogen-bond acceptors (Lipinski definition) is 5. The molecule has 5 rings (SSSR count). The molecular formula is C26H16F2N4O3. The number of nitrogens with zero attached hydrogens (tertiary/aromatic N) is 3. The molecule has 2 aromatic carbocycles. The first kappa shape index (κ1) is 21.9. The Morgan fingerprint density at radius 1 is 0.886 bits per heavy atom. The molecule has 172 valence electrons. The highest BCUT2D eigenvalue weighted by atomic mass is 19.1. The molecule has 0 fully saturated rings. The summed E-state index contributed by atoms with van der Waals surface area (Å²) < 4.78 is 34.9. The Morgan fingerprint density at radius 2 is 1.71 bits per heavy atom. The molecule has 3 aromatic heterocycles. The van der Waals surface area contributed by atoms with Gasteiger partial charge in [-0.05, 0) is 60.7 Å². The highest BCUT2D eigenvalue weighted by Crippen LogP contribution is 2.30. The minimum atomic E-state index is -0.722. The lowest BCUT2D eigenvalue weighted by Crippen LogP contribution is -2.27. The molecule has 3 heterocycles. The number of nitrogens with one attached hydrogen (secondary N) is 1. The van der Waals surface area contributed by atoms with Crippen LogP contribution >= 0.6 is 0 Å². The van der Waals surface area contributed by atoms with Gasteiger partial charge in [0.2, 0.25) is 0 Å². The number of amides is 1. The average Bonchev–Trinajstić information content (AvgIpc) is 2.86. The summed E-state index contributed by atoms with van der Waals surface area (Å²) in [7, 11) is 0. The van der Waals surface area contributed by atoms with E-state index in [2.05, 4.69) is 15.3 Å². The van der Waals surface area contributed by atoms with Crippen molar-refractivity contribution in [3.63, 3.8) is 0 Å². The Hall–Kier alpha value is -4.92. The molecule has 0 aliphatic carbocycles. The van der Waals surface area contributed by atoms with Gasteiger partial charge in [0.05, 0.1) is 5.52 Å². The Labute approximate surface area is 197 Å². The fourth-order valence-corrected chi connectivity index (χ4v) is 3.49. The molecule has 0 aliphatic rings. The third-order valence-corrected chi connectivity index (χ3v) is 5.17. The van der Waals surface area contributed by atoms with Crippen LogP contribution in [0.25, 0.3) is 16.7 Å². The maximum Gasteiger partial charge on any atom is 0.267 e. The monoisotopic (exact) mass is 470 g/mol. The van der Waals surface area contributed by atoms with Crippen molar-refractivity contribution in [1.82, 2.24) is 14.5 Å². The third-order valence-electron chi connectivity index (χ3n) is 5.17. The maximum absolute atomic E-state index is 14.8. The molecule has 0 saturated heterocycles. The van der Waals surface area contributed by atoms with Crippen LogP contribution in [0.4, 0.5) is 14.5 Å². The van der Waals surface area contributed by atoms with Gasteiger partial charge in [0.25, 0.3) is 11.5 Å². The number of hydrogen-bond donors (Lipinski definition) is 1. The molecule has 0 unspecified atom stereocenters. The number of benzene rings is 2. The first-order valence-corrected chi connectivity index (χ1v) is 10.5. The van der Waals surface area contributed by atoms with Gasteiger partial charge >= 0.3 is 0 Å². The molecule has 1 N–H and O–H groups in total. The van der Waals surface area contributed by atoms with E-state index in [1.807, 2.05) is 0 Å². The summed E-state index contributed by atoms with van der Waals surface area (Å²) in [6.07, 6.45) is 4.58. The fourth-order valence-electron chi connectivity index (χ4n) is 3.49. The lowest BCUT2D eigenvalue weighted by atomic mass is 10.2. The second-order valence-corrected chi connectivity index (χ2v) is 7.46. The van der Waals surface area contributed by atoms with Crippen LogP contribution in [0.15, 0.2) is 96.2 Å². The number of pyridine rings is 3. The van der Waals surface area contributed by atoms with Crippen LogP contribution in [-0.2, 0) is 0 Å². The summed E-state index contributed by atoms with van der Waals surface area (Å²) >= 11 is 0. The molecule has 0 atom stereocenters. The maximum atomic E-state index is 14.8. The Bertz CT molecular complexity index is 1610. The molecule has 1 amide bonds. The van der Waals surface area contributed by atoms with Crippen LogP contribution in [-0.4, -0.2) is 20.4 Å². The van der Waals surface area contributed by atoms with Gasteiger partial charge in [-0.1, -0.05) is 0 Å². The standard InChI is InChI=1S/C26H16F2N4O3/c27-16-5-8-18(9-6-16)32-14-2-3-19(26(32)34)25(33)31-17-7-10-22(20(28)15-17)35-23-11-13-29-21-4-1-12-30-24(21)23/h1-15H,(H,31,33). The smallest absolute Gasteiger partial charge is 0.267 e. The average molecular weight is 470 g/mol. The van der Waals surface area contributed by atoms with Crippen molar-refractivity contribution >= 4 is 22.6 Å². The zero-order valence-corrected chi connectivity index (χ0v) is 18.0. The normalized spacial score (nSPS) is 10.8. The van der Waals surface area contributed by atoms with Gasteiger partial charge in [-0.3, -0.25) is 24.1 Å². The van der Waals surface area contributed by atoms with Gasteiger partial charge in [0, 0.05) is 42.1 Å². The summed E-state index contributed by atoms with van der Waals surface area (Å²) in [5.74, 6) is -1.63. The third kappa shape index (κ3) is 4.47. The zero-order chi connectivity index (χ0) is 24.4. The fraction of sp³-hybridized carbons (Fsp3) is 0. The van der Waals surface area contributed by atoms with Crippen LogP contribution in [0, 0.1) is 11.6 Å². The van der Waals surface area contributed by atoms with Crippen LogP contribution < -0.4 is 15.6 Å². The van der Waals surface area contributed by atoms with Crippen molar-refractivity contribution in [1.29, 1.82) is 0 Å². The van der Waals surface area contributed by atoms with Crippen molar-refractivity contribution < 1.29 is 18.3 Å². The largest absolute Gasteiger partial charge is 0.452 e. The van der Waals surface area contributed by atoms with Crippen LogP contribution in [0.2, 0.25) is 0 Å². The highest BCUT2D eigenvalue weighted by Gasteiger charge is 2.15. The minimum absolute atomic E-state index is 0.0699. The number of aromatic nitrogens is 3. The van der Waals surface area contributed by atoms with Crippen LogP contribution in [0.1, 0.15) is 10.4 Å². The molecule has 9 heteroatoms. The van der Waals surface area contributed by atoms with E-state index in [4.69, 9.17) is 4.74 Å². The summed E-state index contributed by atoms with van der Waals surface area (Å²) in [5.41, 5.74) is 0.851. The van der Waals surface area contributed by atoms with E-state index in [9.17, 15) is 18.4 Å². The van der Waals surface area contributed by atoms with Crippen LogP contribution in [0.5, 0.6) is 11.5 Å². The van der Waals surface area contributed by atoms with E-state index < -0.39 is 23.1 Å². The zero-order valence-electron chi connectivity index (χ0n) is 18.0. The van der Waals surface area contributed by atoms with E-state index in [0.717, 1.165) is 6.07 Å². The molecule has 7 nitrogen and oxygen atoms in total. The number of fused-ring (bicyclic) bond motifs is 1. The molecule has 0 aliphatic heterocycles. The van der Waals surface area contributed by atoms with Crippen molar-refractivity contribution in [2.75, 3.05) is 5.32 Å². The van der Waals surface area contributed by atoms with Gasteiger partial charge in [0.1, 0.15) is 16.9 Å². The predicted molar refractivity (Wildman–Crippen MR) is 126 cm³/mol. The Morgan fingerprint density at radius 3 is 2.51 bits per heavy atom. The second-order valence-electron chi connectivity index (χ2n) is 7.46. The van der Waals surface area contributed by atoms with Gasteiger partial charge in [-0.25, -0.2) is 8.78 Å². The minimum Gasteiger partial charge on any atom is -0.452 e. The molecular weight excluding hydrogens is 454 g/mol. The van der Waals surface area contributed by atoms with Crippen molar-refractivity contribution in [2.24, 2.45) is 0 Å². The quantitative estimate of drug-likeness (QED) is 0.386. The molecule has 35 heavy (non-hydrogen) atoms. The Balaban J connectivity index is 1.37. The molecule has 5 aromatic rings. The molecule has 0 saturated carbocycles. The topological polar surface area (TPSA) is 86.1 Å². The predicted octanol–water partition coefficient (Wildman–Crippen LogP) is 5.10. The number of carbonyl (C=O) groups is 1. The van der Waals surface area contributed by atoms with Gasteiger partial charge in [-0.15, -0.1) is 0 Å². The first-order valence-electron chi connectivity index (χ1n) is 10.5. The number of ether oxygens (including phenoxy) is 1. The van der Waals surface area contributed by atoms with E-state index in [0.29, 0.717) is 22.5 Å². The van der Waals surface area contributed by atoms with Gasteiger partial charge in [0.15, 0.2) is 17.3 Å². The van der Waals surface area contributed by atoms with Crippen molar-refractivity contribution in [3.8, 4) is 17.2 Å². The van der Waals surface area contributed by atoms with Crippen molar-refractivity contribution in [3.05, 3.63) is 119 Å². The van der Waals surface area contributed by atoms with Gasteiger partial charge in [-0.2, -0.15) is 0 Å². The highest BCUT2D eigenvalue weighted by molar-refractivity contribution is 6.04.